The molecule has 3 rings (SSSR count). The van der Waals surface area contributed by atoms with Gasteiger partial charge in [0.2, 0.25) is 0 Å². The van der Waals surface area contributed by atoms with Gasteiger partial charge >= 0.3 is 5.97 Å². The molecular formula is C20H21N3O4S. The molecule has 0 saturated carbocycles. The van der Waals surface area contributed by atoms with Crippen LogP contribution in [0, 0.1) is 13.8 Å². The van der Waals surface area contributed by atoms with Gasteiger partial charge in [0.1, 0.15) is 11.5 Å². The van der Waals surface area contributed by atoms with Crippen molar-refractivity contribution in [2.24, 2.45) is 0 Å². The normalized spacial score (nSPS) is 10.7. The van der Waals surface area contributed by atoms with Gasteiger partial charge in [-0.25, -0.2) is 4.79 Å². The summed E-state index contributed by atoms with van der Waals surface area (Å²) >= 11 is 1.64. The van der Waals surface area contributed by atoms with Crippen molar-refractivity contribution in [2.45, 2.75) is 24.5 Å². The molecule has 0 amide bonds. The fraction of sp³-hybridized carbons (Fsp3) is 0.250. The largest absolute Gasteiger partial charge is 0.497 e. The van der Waals surface area contributed by atoms with Crippen LogP contribution in [0.4, 0.5) is 0 Å². The van der Waals surface area contributed by atoms with Gasteiger partial charge in [0.15, 0.2) is 6.61 Å². The Kier molecular flexibility index (Phi) is 6.20. The van der Waals surface area contributed by atoms with Crippen LogP contribution in [0.1, 0.15) is 17.0 Å². The van der Waals surface area contributed by atoms with Crippen molar-refractivity contribution in [1.82, 2.24) is 15.0 Å². The first-order valence-electron chi connectivity index (χ1n) is 8.61. The van der Waals surface area contributed by atoms with E-state index >= 15 is 0 Å². The Balaban J connectivity index is 1.66. The lowest BCUT2D eigenvalue weighted by molar-refractivity contribution is -0.139. The lowest BCUT2D eigenvalue weighted by Gasteiger charge is -2.08. The molecule has 0 fully saturated rings. The maximum Gasteiger partial charge on any atom is 0.341 e. The molecule has 0 radical (unpaired) electrons. The molecule has 1 aromatic heterocycles. The van der Waals surface area contributed by atoms with Crippen LogP contribution in [0.3, 0.4) is 0 Å². The highest BCUT2D eigenvalue weighted by atomic mass is 32.2. The number of hydrogen-bond acceptors (Lipinski definition) is 6. The number of rotatable bonds is 8. The third-order valence-electron chi connectivity index (χ3n) is 4.05. The standard InChI is InChI=1S/C20H21N3O4S/c1-13-10-17(8-9-19(13)27-11-20(24)25)28-12-18-14(2)21-23(22-18)15-4-6-16(26-3)7-5-15/h4-10H,11-12H2,1-3H3,(H,24,25). The molecule has 0 spiro atoms. The van der Waals surface area contributed by atoms with Crippen LogP contribution in [0.2, 0.25) is 0 Å². The molecule has 28 heavy (non-hydrogen) atoms. The van der Waals surface area contributed by atoms with Crippen molar-refractivity contribution >= 4 is 17.7 Å². The van der Waals surface area contributed by atoms with E-state index < -0.39 is 5.97 Å². The van der Waals surface area contributed by atoms with Crippen molar-refractivity contribution in [2.75, 3.05) is 13.7 Å². The number of carbonyl (C=O) groups is 1. The van der Waals surface area contributed by atoms with Crippen LogP contribution in [-0.2, 0) is 10.5 Å². The fourth-order valence-corrected chi connectivity index (χ4v) is 3.53. The van der Waals surface area contributed by atoms with Gasteiger partial charge < -0.3 is 14.6 Å². The summed E-state index contributed by atoms with van der Waals surface area (Å²) in [5.74, 6) is 1.05. The summed E-state index contributed by atoms with van der Waals surface area (Å²) in [6, 6.07) is 13.3. The van der Waals surface area contributed by atoms with Gasteiger partial charge in [-0.1, -0.05) is 0 Å². The minimum atomic E-state index is -0.992. The number of aliphatic carboxylic acids is 1. The average molecular weight is 399 g/mol. The highest BCUT2D eigenvalue weighted by Gasteiger charge is 2.10. The Hall–Kier alpha value is -3.00. The summed E-state index contributed by atoms with van der Waals surface area (Å²) in [6.45, 7) is 3.49. The third kappa shape index (κ3) is 4.83. The molecule has 3 aromatic rings. The Bertz CT molecular complexity index is 970. The number of methoxy groups -OCH3 is 1. The summed E-state index contributed by atoms with van der Waals surface area (Å²) < 4.78 is 10.4. The summed E-state index contributed by atoms with van der Waals surface area (Å²) in [4.78, 5) is 13.3. The number of nitrogens with zero attached hydrogens (tertiary/aromatic N) is 3. The molecule has 8 heteroatoms. The molecule has 7 nitrogen and oxygen atoms in total. The third-order valence-corrected chi connectivity index (χ3v) is 5.06. The van der Waals surface area contributed by atoms with Crippen molar-refractivity contribution in [3.05, 3.63) is 59.4 Å². The van der Waals surface area contributed by atoms with E-state index in [4.69, 9.17) is 14.6 Å². The summed E-state index contributed by atoms with van der Waals surface area (Å²) in [7, 11) is 1.63. The number of aromatic nitrogens is 3. The Morgan fingerprint density at radius 2 is 1.89 bits per heavy atom. The quantitative estimate of drug-likeness (QED) is 0.579. The predicted octanol–water partition coefficient (Wildman–Crippen LogP) is 3.65. The zero-order chi connectivity index (χ0) is 20.1. The molecule has 0 atom stereocenters. The monoisotopic (exact) mass is 399 g/mol. The van der Waals surface area contributed by atoms with E-state index in [0.717, 1.165) is 33.3 Å². The van der Waals surface area contributed by atoms with E-state index in [-0.39, 0.29) is 6.61 Å². The Labute approximate surface area is 167 Å². The topological polar surface area (TPSA) is 86.5 Å². The minimum absolute atomic E-state index is 0.346. The maximum absolute atomic E-state index is 10.6. The molecule has 0 saturated heterocycles. The first kappa shape index (κ1) is 19.8. The second-order valence-electron chi connectivity index (χ2n) is 6.12. The fourth-order valence-electron chi connectivity index (χ4n) is 2.54. The SMILES string of the molecule is COc1ccc(-n2nc(C)c(CSc3ccc(OCC(=O)O)c(C)c3)n2)cc1. The second-order valence-corrected chi connectivity index (χ2v) is 7.17. The molecule has 0 aliphatic heterocycles. The van der Waals surface area contributed by atoms with Crippen molar-refractivity contribution < 1.29 is 19.4 Å². The number of carboxylic acids is 1. The molecule has 2 aromatic carbocycles. The molecule has 0 aliphatic carbocycles. The summed E-state index contributed by atoms with van der Waals surface area (Å²) in [5, 5.41) is 17.8. The second kappa shape index (κ2) is 8.79. The van der Waals surface area contributed by atoms with Crippen LogP contribution < -0.4 is 9.47 Å². The molecule has 1 heterocycles. The van der Waals surface area contributed by atoms with Crippen LogP contribution >= 0.6 is 11.8 Å². The highest BCUT2D eigenvalue weighted by molar-refractivity contribution is 7.98. The molecule has 146 valence electrons. The summed E-state index contributed by atoms with van der Waals surface area (Å²) in [6.07, 6.45) is 0. The maximum atomic E-state index is 10.6. The number of aryl methyl sites for hydroxylation is 2. The van der Waals surface area contributed by atoms with E-state index in [1.54, 1.807) is 29.7 Å². The van der Waals surface area contributed by atoms with Gasteiger partial charge in [-0.3, -0.25) is 0 Å². The lowest BCUT2D eigenvalue weighted by Crippen LogP contribution is -2.09. The number of benzene rings is 2. The van der Waals surface area contributed by atoms with Crippen LogP contribution in [-0.4, -0.2) is 39.8 Å². The zero-order valence-corrected chi connectivity index (χ0v) is 16.7. The summed E-state index contributed by atoms with van der Waals surface area (Å²) in [5.41, 5.74) is 3.55. The van der Waals surface area contributed by atoms with E-state index in [1.165, 1.54) is 0 Å². The van der Waals surface area contributed by atoms with Gasteiger partial charge in [-0.2, -0.15) is 15.0 Å². The van der Waals surface area contributed by atoms with Gasteiger partial charge in [0, 0.05) is 10.6 Å². The Morgan fingerprint density at radius 3 is 2.54 bits per heavy atom. The van der Waals surface area contributed by atoms with Crippen LogP contribution in [0.5, 0.6) is 11.5 Å². The van der Waals surface area contributed by atoms with Crippen LogP contribution in [0.15, 0.2) is 47.4 Å². The van der Waals surface area contributed by atoms with Crippen molar-refractivity contribution in [3.63, 3.8) is 0 Å². The number of hydrogen-bond donors (Lipinski definition) is 1. The van der Waals surface area contributed by atoms with Gasteiger partial charge in [-0.05, 0) is 61.9 Å². The minimum Gasteiger partial charge on any atom is -0.497 e. The average Bonchev–Trinajstić information content (AvgIpc) is 3.06. The smallest absolute Gasteiger partial charge is 0.341 e. The van der Waals surface area contributed by atoms with Gasteiger partial charge in [0.05, 0.1) is 24.2 Å². The van der Waals surface area contributed by atoms with Crippen LogP contribution in [0.25, 0.3) is 5.69 Å². The molecule has 0 bridgehead atoms. The van der Waals surface area contributed by atoms with E-state index in [1.807, 2.05) is 50.2 Å². The first-order chi connectivity index (χ1) is 13.5. The molecular weight excluding hydrogens is 378 g/mol. The number of carboxylic acid groups (broad SMARTS) is 1. The van der Waals surface area contributed by atoms with Gasteiger partial charge in [0.25, 0.3) is 0 Å². The molecule has 1 N–H and O–H groups in total. The number of thioether (sulfide) groups is 1. The van der Waals surface area contributed by atoms with Crippen molar-refractivity contribution in [3.8, 4) is 17.2 Å². The van der Waals surface area contributed by atoms with E-state index in [9.17, 15) is 4.79 Å². The van der Waals surface area contributed by atoms with E-state index in [2.05, 4.69) is 10.2 Å². The highest BCUT2D eigenvalue weighted by Crippen LogP contribution is 2.28. The zero-order valence-electron chi connectivity index (χ0n) is 15.9. The van der Waals surface area contributed by atoms with E-state index in [0.29, 0.717) is 11.5 Å². The lowest BCUT2D eigenvalue weighted by atomic mass is 10.2. The first-order valence-corrected chi connectivity index (χ1v) is 9.60. The predicted molar refractivity (Wildman–Crippen MR) is 107 cm³/mol. The van der Waals surface area contributed by atoms with Crippen molar-refractivity contribution in [1.29, 1.82) is 0 Å². The molecule has 0 aliphatic rings. The van der Waals surface area contributed by atoms with Gasteiger partial charge in [-0.15, -0.1) is 11.8 Å². The number of ether oxygens (including phenoxy) is 2. The molecule has 0 unspecified atom stereocenters. The Morgan fingerprint density at radius 1 is 1.14 bits per heavy atom.